The minimum Gasteiger partial charge on any atom is -0.480 e. The molecule has 0 saturated carbocycles. The number of hydrogen-bond acceptors (Lipinski definition) is 4. The predicted octanol–water partition coefficient (Wildman–Crippen LogP) is 2.40. The Morgan fingerprint density at radius 1 is 1.56 bits per heavy atom. The van der Waals surface area contributed by atoms with Crippen LogP contribution in [0.15, 0.2) is 6.07 Å². The normalized spacial score (nSPS) is 17.8. The first-order valence-corrected chi connectivity index (χ1v) is 5.07. The Bertz CT molecular complexity index is 489. The molecule has 1 unspecified atom stereocenters. The van der Waals surface area contributed by atoms with Crippen LogP contribution in [0.2, 0.25) is 10.0 Å². The molecule has 1 aromatic carbocycles. The Morgan fingerprint density at radius 2 is 2.25 bits per heavy atom. The van der Waals surface area contributed by atoms with Crippen molar-refractivity contribution >= 4 is 35.2 Å². The van der Waals surface area contributed by atoms with Crippen LogP contribution in [0.4, 0.5) is 5.69 Å². The third kappa shape index (κ3) is 1.62. The number of nitrogens with zero attached hydrogens (tertiary/aromatic N) is 1. The van der Waals surface area contributed by atoms with E-state index in [1.54, 1.807) is 0 Å². The quantitative estimate of drug-likeness (QED) is 0.466. The highest BCUT2D eigenvalue weighted by atomic mass is 35.5. The number of carbonyl (C=O) groups is 1. The zero-order valence-corrected chi connectivity index (χ0v) is 9.29. The van der Waals surface area contributed by atoms with Gasteiger partial charge in [0.2, 0.25) is 0 Å². The number of halogens is 2. The molecule has 0 radical (unpaired) electrons. The summed E-state index contributed by atoms with van der Waals surface area (Å²) < 4.78 is 5.17. The molecular weight excluding hydrogens is 257 g/mol. The fourth-order valence-corrected chi connectivity index (χ4v) is 1.98. The maximum Gasteiger partial charge on any atom is 0.278 e. The van der Waals surface area contributed by atoms with Crippen molar-refractivity contribution in [2.75, 3.05) is 0 Å². The van der Waals surface area contributed by atoms with Gasteiger partial charge in [0.15, 0.2) is 18.1 Å². The number of ether oxygens (including phenoxy) is 1. The molecule has 0 N–H and O–H groups in total. The number of nitro groups is 1. The molecule has 1 aromatic rings. The van der Waals surface area contributed by atoms with Crippen LogP contribution in [0.25, 0.3) is 0 Å². The van der Waals surface area contributed by atoms with Crippen LogP contribution in [0, 0.1) is 10.1 Å². The average Bonchev–Trinajstić information content (AvgIpc) is 2.67. The van der Waals surface area contributed by atoms with Crippen molar-refractivity contribution in [2.45, 2.75) is 12.5 Å². The summed E-state index contributed by atoms with van der Waals surface area (Å²) in [5.41, 5.74) is 0.144. The lowest BCUT2D eigenvalue weighted by molar-refractivity contribution is -0.385. The van der Waals surface area contributed by atoms with Gasteiger partial charge < -0.3 is 4.74 Å². The molecule has 84 valence electrons. The van der Waals surface area contributed by atoms with Gasteiger partial charge in [0, 0.05) is 12.5 Å². The Balaban J connectivity index is 2.62. The van der Waals surface area contributed by atoms with E-state index in [1.165, 1.54) is 6.07 Å². The smallest absolute Gasteiger partial charge is 0.278 e. The Morgan fingerprint density at radius 3 is 2.81 bits per heavy atom. The lowest BCUT2D eigenvalue weighted by atomic mass is 10.1. The van der Waals surface area contributed by atoms with Crippen molar-refractivity contribution in [2.24, 2.45) is 0 Å². The Kier molecular flexibility index (Phi) is 2.73. The van der Waals surface area contributed by atoms with Crippen molar-refractivity contribution in [3.63, 3.8) is 0 Å². The standard InChI is InChI=1S/C9H5Cl2NO4/c10-6-2-7(12(14)15)5-1-4(3-13)16-9(5)8(6)11/h2-4H,1H2. The van der Waals surface area contributed by atoms with E-state index in [2.05, 4.69) is 0 Å². The molecule has 16 heavy (non-hydrogen) atoms. The van der Waals surface area contributed by atoms with Gasteiger partial charge in [-0.1, -0.05) is 23.2 Å². The Labute approximate surface area is 100 Å². The molecule has 0 aliphatic carbocycles. The van der Waals surface area contributed by atoms with Gasteiger partial charge in [0.25, 0.3) is 5.69 Å². The van der Waals surface area contributed by atoms with E-state index in [4.69, 9.17) is 27.9 Å². The van der Waals surface area contributed by atoms with E-state index in [0.29, 0.717) is 11.8 Å². The van der Waals surface area contributed by atoms with Crippen LogP contribution in [0.5, 0.6) is 5.75 Å². The van der Waals surface area contributed by atoms with Gasteiger partial charge in [-0.25, -0.2) is 0 Å². The molecule has 0 spiro atoms. The number of benzene rings is 1. The van der Waals surface area contributed by atoms with E-state index in [-0.39, 0.29) is 27.9 Å². The molecular formula is C9H5Cl2NO4. The second-order valence-electron chi connectivity index (χ2n) is 3.25. The van der Waals surface area contributed by atoms with Crippen molar-refractivity contribution < 1.29 is 14.5 Å². The van der Waals surface area contributed by atoms with Gasteiger partial charge in [-0.3, -0.25) is 14.9 Å². The molecule has 5 nitrogen and oxygen atoms in total. The first-order valence-electron chi connectivity index (χ1n) is 4.31. The van der Waals surface area contributed by atoms with E-state index in [9.17, 15) is 14.9 Å². The molecule has 0 amide bonds. The van der Waals surface area contributed by atoms with Gasteiger partial charge in [0.05, 0.1) is 15.5 Å². The number of nitro benzene ring substituents is 1. The fraction of sp³-hybridized carbons (Fsp3) is 0.222. The van der Waals surface area contributed by atoms with Crippen molar-refractivity contribution in [1.29, 1.82) is 0 Å². The molecule has 2 rings (SSSR count). The first kappa shape index (κ1) is 11.2. The average molecular weight is 262 g/mol. The summed E-state index contributed by atoms with van der Waals surface area (Å²) in [5.74, 6) is 0.137. The molecule has 0 bridgehead atoms. The third-order valence-corrected chi connectivity index (χ3v) is 3.05. The lowest BCUT2D eigenvalue weighted by Gasteiger charge is -2.05. The zero-order valence-electron chi connectivity index (χ0n) is 7.78. The van der Waals surface area contributed by atoms with E-state index < -0.39 is 11.0 Å². The number of hydrogen-bond donors (Lipinski definition) is 0. The molecule has 1 atom stereocenters. The van der Waals surface area contributed by atoms with Crippen LogP contribution in [-0.4, -0.2) is 17.3 Å². The molecule has 0 fully saturated rings. The summed E-state index contributed by atoms with van der Waals surface area (Å²) in [5, 5.41) is 10.9. The number of aldehydes is 1. The summed E-state index contributed by atoms with van der Waals surface area (Å²) in [6, 6.07) is 1.17. The van der Waals surface area contributed by atoms with Gasteiger partial charge >= 0.3 is 0 Å². The summed E-state index contributed by atoms with van der Waals surface area (Å²) in [4.78, 5) is 20.8. The first-order chi connectivity index (χ1) is 7.54. The topological polar surface area (TPSA) is 69.4 Å². The van der Waals surface area contributed by atoms with E-state index >= 15 is 0 Å². The van der Waals surface area contributed by atoms with Crippen LogP contribution in [0.3, 0.4) is 0 Å². The molecule has 1 heterocycles. The van der Waals surface area contributed by atoms with Gasteiger partial charge in [0.1, 0.15) is 5.02 Å². The summed E-state index contributed by atoms with van der Waals surface area (Å²) in [6.07, 6.45) is -0.00957. The Hall–Kier alpha value is -1.33. The molecule has 1 aliphatic rings. The lowest BCUT2D eigenvalue weighted by Crippen LogP contribution is -2.13. The minimum absolute atomic E-state index is 0.0404. The van der Waals surface area contributed by atoms with Crippen LogP contribution < -0.4 is 4.74 Å². The van der Waals surface area contributed by atoms with Gasteiger partial charge in [-0.05, 0) is 0 Å². The van der Waals surface area contributed by atoms with Crippen LogP contribution in [0.1, 0.15) is 5.56 Å². The zero-order chi connectivity index (χ0) is 11.9. The van der Waals surface area contributed by atoms with Gasteiger partial charge in [-0.15, -0.1) is 0 Å². The third-order valence-electron chi connectivity index (χ3n) is 2.28. The monoisotopic (exact) mass is 261 g/mol. The van der Waals surface area contributed by atoms with Crippen molar-refractivity contribution in [3.8, 4) is 5.75 Å². The van der Waals surface area contributed by atoms with Crippen LogP contribution >= 0.6 is 23.2 Å². The van der Waals surface area contributed by atoms with Gasteiger partial charge in [-0.2, -0.15) is 0 Å². The minimum atomic E-state index is -0.732. The summed E-state index contributed by atoms with van der Waals surface area (Å²) >= 11 is 11.6. The SMILES string of the molecule is O=CC1Cc2c([N+](=O)[O-])cc(Cl)c(Cl)c2O1. The maximum absolute atomic E-state index is 10.8. The summed E-state index contributed by atoms with van der Waals surface area (Å²) in [7, 11) is 0. The highest BCUT2D eigenvalue weighted by Crippen LogP contribution is 2.44. The second kappa shape index (κ2) is 3.92. The highest BCUT2D eigenvalue weighted by Gasteiger charge is 2.33. The molecule has 7 heteroatoms. The van der Waals surface area contributed by atoms with E-state index in [0.717, 1.165) is 0 Å². The number of carbonyl (C=O) groups excluding carboxylic acids is 1. The predicted molar refractivity (Wildman–Crippen MR) is 57.3 cm³/mol. The molecule has 0 aromatic heterocycles. The van der Waals surface area contributed by atoms with Crippen molar-refractivity contribution in [1.82, 2.24) is 0 Å². The van der Waals surface area contributed by atoms with Crippen molar-refractivity contribution in [3.05, 3.63) is 31.8 Å². The van der Waals surface area contributed by atoms with E-state index in [1.807, 2.05) is 0 Å². The fourth-order valence-electron chi connectivity index (χ4n) is 1.58. The van der Waals surface area contributed by atoms with Crippen LogP contribution in [-0.2, 0) is 11.2 Å². The number of fused-ring (bicyclic) bond motifs is 1. The second-order valence-corrected chi connectivity index (χ2v) is 4.04. The highest BCUT2D eigenvalue weighted by molar-refractivity contribution is 6.43. The molecule has 0 saturated heterocycles. The molecule has 1 aliphatic heterocycles. The number of rotatable bonds is 2. The largest absolute Gasteiger partial charge is 0.480 e. The summed E-state index contributed by atoms with van der Waals surface area (Å²) in [6.45, 7) is 0. The maximum atomic E-state index is 10.8.